The van der Waals surface area contributed by atoms with Crippen molar-refractivity contribution in [3.8, 4) is 5.75 Å². The van der Waals surface area contributed by atoms with E-state index in [1.165, 1.54) is 0 Å². The molecule has 0 saturated carbocycles. The number of nitrogens with one attached hydrogen (secondary N) is 1. The van der Waals surface area contributed by atoms with Gasteiger partial charge >= 0.3 is 11.8 Å². The fraction of sp³-hybridized carbons (Fsp3) is 0.529. The molecule has 0 bridgehead atoms. The van der Waals surface area contributed by atoms with Crippen LogP contribution in [0.4, 0.5) is 5.69 Å². The van der Waals surface area contributed by atoms with Gasteiger partial charge in [-0.2, -0.15) is 0 Å². The summed E-state index contributed by atoms with van der Waals surface area (Å²) >= 11 is 0. The van der Waals surface area contributed by atoms with E-state index in [9.17, 15) is 9.59 Å². The van der Waals surface area contributed by atoms with Gasteiger partial charge in [0.25, 0.3) is 0 Å². The van der Waals surface area contributed by atoms with Crippen LogP contribution < -0.4 is 10.1 Å². The largest absolute Gasteiger partial charge is 0.489 e. The maximum Gasteiger partial charge on any atom is 0.314 e. The Balaban J connectivity index is 1.95. The predicted octanol–water partition coefficient (Wildman–Crippen LogP) is 1.91. The minimum Gasteiger partial charge on any atom is -0.489 e. The molecular weight excluding hydrogens is 296 g/mol. The highest BCUT2D eigenvalue weighted by atomic mass is 16.5. The average Bonchev–Trinajstić information content (AvgIpc) is 2.56. The van der Waals surface area contributed by atoms with Crippen LogP contribution in [0.25, 0.3) is 0 Å². The lowest BCUT2D eigenvalue weighted by molar-refractivity contribution is -0.144. The topological polar surface area (TPSA) is 67.9 Å². The van der Waals surface area contributed by atoms with Crippen LogP contribution in [-0.4, -0.2) is 50.1 Å². The van der Waals surface area contributed by atoms with E-state index in [-0.39, 0.29) is 0 Å². The Morgan fingerprint density at radius 3 is 2.61 bits per heavy atom. The fourth-order valence-corrected chi connectivity index (χ4v) is 2.46. The van der Waals surface area contributed by atoms with E-state index < -0.39 is 11.8 Å². The van der Waals surface area contributed by atoms with Crippen LogP contribution in [0, 0.1) is 5.92 Å². The Kier molecular flexibility index (Phi) is 6.40. The lowest BCUT2D eigenvalue weighted by Gasteiger charge is -2.29. The molecule has 1 N–H and O–H groups in total. The normalized spacial score (nSPS) is 15.3. The standard InChI is InChI=1S/C17H24N2O4/c1-13-7-9-19(10-8-13)17(21)16(20)18-14-5-3-4-6-15(14)23-12-11-22-2/h3-6,13H,7-12H2,1-2H3,(H,18,20). The van der Waals surface area contributed by atoms with Gasteiger partial charge in [0.05, 0.1) is 12.3 Å². The highest BCUT2D eigenvalue weighted by Gasteiger charge is 2.26. The Morgan fingerprint density at radius 1 is 1.22 bits per heavy atom. The molecule has 0 unspecified atom stereocenters. The van der Waals surface area contributed by atoms with Crippen molar-refractivity contribution in [1.29, 1.82) is 0 Å². The fourth-order valence-electron chi connectivity index (χ4n) is 2.46. The molecular formula is C17H24N2O4. The Bertz CT molecular complexity index is 539. The van der Waals surface area contributed by atoms with E-state index in [1.807, 2.05) is 6.07 Å². The first-order valence-corrected chi connectivity index (χ1v) is 7.93. The zero-order valence-corrected chi connectivity index (χ0v) is 13.7. The molecule has 2 amide bonds. The number of carbonyl (C=O) groups is 2. The maximum absolute atomic E-state index is 12.2. The van der Waals surface area contributed by atoms with Crippen LogP contribution in [0.5, 0.6) is 5.75 Å². The van der Waals surface area contributed by atoms with Crippen LogP contribution in [0.15, 0.2) is 24.3 Å². The maximum atomic E-state index is 12.2. The second-order valence-corrected chi connectivity index (χ2v) is 5.77. The molecule has 126 valence electrons. The highest BCUT2D eigenvalue weighted by Crippen LogP contribution is 2.24. The van der Waals surface area contributed by atoms with Crippen molar-refractivity contribution < 1.29 is 19.1 Å². The average molecular weight is 320 g/mol. The number of methoxy groups -OCH3 is 1. The second-order valence-electron chi connectivity index (χ2n) is 5.77. The van der Waals surface area contributed by atoms with Crippen LogP contribution in [0.1, 0.15) is 19.8 Å². The molecule has 23 heavy (non-hydrogen) atoms. The van der Waals surface area contributed by atoms with Crippen molar-refractivity contribution >= 4 is 17.5 Å². The molecule has 1 aromatic carbocycles. The van der Waals surface area contributed by atoms with Crippen molar-refractivity contribution in [2.24, 2.45) is 5.92 Å². The van der Waals surface area contributed by atoms with Crippen molar-refractivity contribution in [2.75, 3.05) is 38.7 Å². The number of para-hydroxylation sites is 2. The first kappa shape index (κ1) is 17.3. The third kappa shape index (κ3) is 4.96. The lowest BCUT2D eigenvalue weighted by Crippen LogP contribution is -2.43. The summed E-state index contributed by atoms with van der Waals surface area (Å²) in [5.74, 6) is 0.0286. The SMILES string of the molecule is COCCOc1ccccc1NC(=O)C(=O)N1CCC(C)CC1. The van der Waals surface area contributed by atoms with Crippen molar-refractivity contribution in [1.82, 2.24) is 4.90 Å². The van der Waals surface area contributed by atoms with Gasteiger partial charge in [-0.3, -0.25) is 9.59 Å². The summed E-state index contributed by atoms with van der Waals surface area (Å²) in [4.78, 5) is 26.0. The van der Waals surface area contributed by atoms with Crippen LogP contribution in [0.3, 0.4) is 0 Å². The molecule has 1 aromatic rings. The number of hydrogen-bond acceptors (Lipinski definition) is 4. The molecule has 0 spiro atoms. The molecule has 6 heteroatoms. The first-order chi connectivity index (χ1) is 11.1. The summed E-state index contributed by atoms with van der Waals surface area (Å²) in [6.07, 6.45) is 1.88. The van der Waals surface area contributed by atoms with Gasteiger partial charge < -0.3 is 19.7 Å². The molecule has 0 atom stereocenters. The van der Waals surface area contributed by atoms with Gasteiger partial charge in [0.1, 0.15) is 12.4 Å². The molecule has 1 fully saturated rings. The monoisotopic (exact) mass is 320 g/mol. The third-order valence-corrected chi connectivity index (χ3v) is 3.95. The van der Waals surface area contributed by atoms with E-state index >= 15 is 0 Å². The molecule has 0 radical (unpaired) electrons. The van der Waals surface area contributed by atoms with Gasteiger partial charge in [-0.1, -0.05) is 19.1 Å². The molecule has 1 aliphatic rings. The smallest absolute Gasteiger partial charge is 0.314 e. The quantitative estimate of drug-likeness (QED) is 0.665. The molecule has 0 aromatic heterocycles. The van der Waals surface area contributed by atoms with Crippen LogP contribution >= 0.6 is 0 Å². The lowest BCUT2D eigenvalue weighted by atomic mass is 9.99. The molecule has 1 heterocycles. The molecule has 6 nitrogen and oxygen atoms in total. The number of benzene rings is 1. The number of likely N-dealkylation sites (tertiary alicyclic amines) is 1. The van der Waals surface area contributed by atoms with E-state index in [4.69, 9.17) is 9.47 Å². The van der Waals surface area contributed by atoms with Gasteiger partial charge in [0.15, 0.2) is 0 Å². The molecule has 0 aliphatic carbocycles. The first-order valence-electron chi connectivity index (χ1n) is 7.93. The van der Waals surface area contributed by atoms with Gasteiger partial charge in [0, 0.05) is 20.2 Å². The number of rotatable bonds is 5. The van der Waals surface area contributed by atoms with E-state index in [0.29, 0.717) is 43.7 Å². The minimum atomic E-state index is -0.623. The van der Waals surface area contributed by atoms with E-state index in [1.54, 1.807) is 30.2 Å². The Morgan fingerprint density at radius 2 is 1.91 bits per heavy atom. The van der Waals surface area contributed by atoms with Gasteiger partial charge in [-0.25, -0.2) is 0 Å². The van der Waals surface area contributed by atoms with Gasteiger partial charge in [-0.15, -0.1) is 0 Å². The number of anilines is 1. The number of ether oxygens (including phenoxy) is 2. The summed E-state index contributed by atoms with van der Waals surface area (Å²) in [6.45, 7) is 4.27. The summed E-state index contributed by atoms with van der Waals surface area (Å²) < 4.78 is 10.5. The van der Waals surface area contributed by atoms with Gasteiger partial charge in [0.2, 0.25) is 0 Å². The summed E-state index contributed by atoms with van der Waals surface area (Å²) in [5, 5.41) is 2.65. The number of piperidine rings is 1. The summed E-state index contributed by atoms with van der Waals surface area (Å²) in [7, 11) is 1.59. The van der Waals surface area contributed by atoms with Crippen molar-refractivity contribution in [3.63, 3.8) is 0 Å². The zero-order valence-electron chi connectivity index (χ0n) is 13.7. The molecule has 1 saturated heterocycles. The highest BCUT2D eigenvalue weighted by molar-refractivity contribution is 6.39. The molecule has 2 rings (SSSR count). The number of amides is 2. The van der Waals surface area contributed by atoms with Crippen LogP contribution in [-0.2, 0) is 14.3 Å². The molecule has 1 aliphatic heterocycles. The summed E-state index contributed by atoms with van der Waals surface area (Å²) in [6, 6.07) is 7.06. The predicted molar refractivity (Wildman–Crippen MR) is 87.4 cm³/mol. The Labute approximate surface area is 136 Å². The number of nitrogens with zero attached hydrogens (tertiary/aromatic N) is 1. The minimum absolute atomic E-state index is 0.376. The third-order valence-electron chi connectivity index (χ3n) is 3.95. The zero-order chi connectivity index (χ0) is 16.7. The van der Waals surface area contributed by atoms with Gasteiger partial charge in [-0.05, 0) is 30.9 Å². The number of carbonyl (C=O) groups excluding carboxylic acids is 2. The Hall–Kier alpha value is -2.08. The second kappa shape index (κ2) is 8.53. The van der Waals surface area contributed by atoms with E-state index in [2.05, 4.69) is 12.2 Å². The number of hydrogen-bond donors (Lipinski definition) is 1. The van der Waals surface area contributed by atoms with E-state index in [0.717, 1.165) is 12.8 Å². The van der Waals surface area contributed by atoms with Crippen molar-refractivity contribution in [2.45, 2.75) is 19.8 Å². The summed E-state index contributed by atoms with van der Waals surface area (Å²) in [5.41, 5.74) is 0.493. The van der Waals surface area contributed by atoms with Crippen molar-refractivity contribution in [3.05, 3.63) is 24.3 Å². The van der Waals surface area contributed by atoms with Crippen LogP contribution in [0.2, 0.25) is 0 Å².